The largest absolute Gasteiger partial charge is 0.357 e. The Morgan fingerprint density at radius 3 is 2.15 bits per heavy atom. The maximum absolute atomic E-state index is 4.59. The van der Waals surface area contributed by atoms with Gasteiger partial charge in [-0.15, -0.1) is 24.0 Å². The molecule has 1 aliphatic rings. The summed E-state index contributed by atoms with van der Waals surface area (Å²) >= 11 is 0. The topological polar surface area (TPSA) is 39.7 Å². The molecule has 0 radical (unpaired) electrons. The Kier molecular flexibility index (Phi) is 11.6. The second-order valence-corrected chi connectivity index (χ2v) is 5.85. The molecule has 120 valence electrons. The summed E-state index contributed by atoms with van der Waals surface area (Å²) < 4.78 is 0. The van der Waals surface area contributed by atoms with Crippen LogP contribution in [0.2, 0.25) is 0 Å². The molecule has 5 heteroatoms. The van der Waals surface area contributed by atoms with Gasteiger partial charge in [0.25, 0.3) is 0 Å². The van der Waals surface area contributed by atoms with Gasteiger partial charge in [0.2, 0.25) is 0 Å². The van der Waals surface area contributed by atoms with Crippen LogP contribution in [0.1, 0.15) is 40.5 Å². The van der Waals surface area contributed by atoms with Gasteiger partial charge in [-0.25, -0.2) is 0 Å². The fourth-order valence-electron chi connectivity index (χ4n) is 2.97. The maximum Gasteiger partial charge on any atom is 0.191 e. The van der Waals surface area contributed by atoms with Crippen LogP contribution in [0.4, 0.5) is 0 Å². The van der Waals surface area contributed by atoms with Gasteiger partial charge in [-0.2, -0.15) is 0 Å². The lowest BCUT2D eigenvalue weighted by molar-refractivity contribution is 0.140. The average Bonchev–Trinajstić information content (AvgIpc) is 2.34. The van der Waals surface area contributed by atoms with Gasteiger partial charge in [0.1, 0.15) is 0 Å². The van der Waals surface area contributed by atoms with Crippen LogP contribution in [-0.2, 0) is 0 Å². The first-order chi connectivity index (χ1) is 9.15. The van der Waals surface area contributed by atoms with Crippen molar-refractivity contribution in [2.75, 3.05) is 39.3 Å². The molecule has 0 aliphatic carbocycles. The van der Waals surface area contributed by atoms with Gasteiger partial charge in [-0.1, -0.05) is 13.8 Å². The zero-order chi connectivity index (χ0) is 14.1. The van der Waals surface area contributed by atoms with Crippen molar-refractivity contribution in [3.8, 4) is 0 Å². The van der Waals surface area contributed by atoms with Crippen molar-refractivity contribution in [3.63, 3.8) is 0 Å². The Bertz CT molecular complexity index is 253. The van der Waals surface area contributed by atoms with Gasteiger partial charge in [-0.05, 0) is 45.1 Å². The zero-order valence-corrected chi connectivity index (χ0v) is 15.9. The highest BCUT2D eigenvalue weighted by Gasteiger charge is 2.20. The first kappa shape index (κ1) is 20.0. The van der Waals surface area contributed by atoms with E-state index in [2.05, 4.69) is 48.2 Å². The zero-order valence-electron chi connectivity index (χ0n) is 13.6. The number of rotatable bonds is 6. The fraction of sp³-hybridized carbons (Fsp3) is 0.933. The Balaban J connectivity index is 0.00000361. The Morgan fingerprint density at radius 1 is 1.10 bits per heavy atom. The highest BCUT2D eigenvalue weighted by atomic mass is 127. The summed E-state index contributed by atoms with van der Waals surface area (Å²) in [4.78, 5) is 7.20. The summed E-state index contributed by atoms with van der Waals surface area (Å²) in [6, 6.07) is 0. The van der Waals surface area contributed by atoms with E-state index in [-0.39, 0.29) is 24.0 Å². The molecular formula is C15H33IN4. The average molecular weight is 396 g/mol. The standard InChI is InChI=1S/C15H32N4.HI/c1-5-16-15(17-6-2)18-8-7-9-19-11-13(3)10-14(4)12-19;/h13-14H,5-12H2,1-4H3,(H2,16,17,18);1H. The van der Waals surface area contributed by atoms with Crippen LogP contribution in [-0.4, -0.2) is 50.1 Å². The summed E-state index contributed by atoms with van der Waals surface area (Å²) in [7, 11) is 0. The molecule has 2 unspecified atom stereocenters. The summed E-state index contributed by atoms with van der Waals surface area (Å²) in [5, 5.41) is 6.52. The van der Waals surface area contributed by atoms with Crippen molar-refractivity contribution < 1.29 is 0 Å². The van der Waals surface area contributed by atoms with Crippen molar-refractivity contribution in [1.29, 1.82) is 0 Å². The van der Waals surface area contributed by atoms with Gasteiger partial charge >= 0.3 is 0 Å². The van der Waals surface area contributed by atoms with Crippen LogP contribution in [0, 0.1) is 11.8 Å². The minimum atomic E-state index is 0. The monoisotopic (exact) mass is 396 g/mol. The van der Waals surface area contributed by atoms with Gasteiger partial charge in [0.05, 0.1) is 0 Å². The smallest absolute Gasteiger partial charge is 0.191 e. The number of likely N-dealkylation sites (tertiary alicyclic amines) is 1. The van der Waals surface area contributed by atoms with E-state index in [1.807, 2.05) is 0 Å². The first-order valence-corrected chi connectivity index (χ1v) is 7.90. The Morgan fingerprint density at radius 2 is 1.65 bits per heavy atom. The van der Waals surface area contributed by atoms with Crippen molar-refractivity contribution in [1.82, 2.24) is 15.5 Å². The van der Waals surface area contributed by atoms with Gasteiger partial charge in [0, 0.05) is 32.7 Å². The molecule has 1 heterocycles. The second-order valence-electron chi connectivity index (χ2n) is 5.85. The highest BCUT2D eigenvalue weighted by molar-refractivity contribution is 14.0. The third-order valence-electron chi connectivity index (χ3n) is 3.54. The second kappa shape index (κ2) is 11.6. The molecule has 0 spiro atoms. The molecular weight excluding hydrogens is 363 g/mol. The summed E-state index contributed by atoms with van der Waals surface area (Å²) in [6.45, 7) is 15.4. The van der Waals surface area contributed by atoms with Gasteiger partial charge in [-0.3, -0.25) is 4.99 Å². The Labute approximate surface area is 142 Å². The van der Waals surface area contributed by atoms with Gasteiger partial charge in [0.15, 0.2) is 5.96 Å². The van der Waals surface area contributed by atoms with Crippen molar-refractivity contribution >= 4 is 29.9 Å². The lowest BCUT2D eigenvalue weighted by Crippen LogP contribution is -2.39. The van der Waals surface area contributed by atoms with E-state index in [9.17, 15) is 0 Å². The lowest BCUT2D eigenvalue weighted by atomic mass is 9.92. The Hall–Kier alpha value is -0.0400. The van der Waals surface area contributed by atoms with Crippen molar-refractivity contribution in [3.05, 3.63) is 0 Å². The highest BCUT2D eigenvalue weighted by Crippen LogP contribution is 2.20. The van der Waals surface area contributed by atoms with E-state index >= 15 is 0 Å². The van der Waals surface area contributed by atoms with E-state index in [4.69, 9.17) is 0 Å². The molecule has 1 saturated heterocycles. The minimum absolute atomic E-state index is 0. The van der Waals surface area contributed by atoms with Crippen LogP contribution in [0.5, 0.6) is 0 Å². The minimum Gasteiger partial charge on any atom is -0.357 e. The van der Waals surface area contributed by atoms with E-state index in [0.717, 1.165) is 43.9 Å². The first-order valence-electron chi connectivity index (χ1n) is 7.90. The molecule has 0 aromatic carbocycles. The molecule has 1 rings (SSSR count). The van der Waals surface area contributed by atoms with Crippen molar-refractivity contribution in [2.24, 2.45) is 16.8 Å². The van der Waals surface area contributed by atoms with E-state index in [1.165, 1.54) is 26.1 Å². The number of hydrogen-bond acceptors (Lipinski definition) is 2. The number of nitrogens with zero attached hydrogens (tertiary/aromatic N) is 2. The number of halogens is 1. The lowest BCUT2D eigenvalue weighted by Gasteiger charge is -2.34. The van der Waals surface area contributed by atoms with E-state index in [1.54, 1.807) is 0 Å². The van der Waals surface area contributed by atoms with Crippen LogP contribution in [0.25, 0.3) is 0 Å². The summed E-state index contributed by atoms with van der Waals surface area (Å²) in [5.41, 5.74) is 0. The molecule has 1 aliphatic heterocycles. The number of nitrogens with one attached hydrogen (secondary N) is 2. The number of piperidine rings is 1. The van der Waals surface area contributed by atoms with E-state index in [0.29, 0.717) is 0 Å². The fourth-order valence-corrected chi connectivity index (χ4v) is 2.97. The predicted molar refractivity (Wildman–Crippen MR) is 99.1 cm³/mol. The molecule has 0 saturated carbocycles. The number of guanidine groups is 1. The van der Waals surface area contributed by atoms with Crippen LogP contribution in [0.15, 0.2) is 4.99 Å². The summed E-state index contributed by atoms with van der Waals surface area (Å²) in [5.74, 6) is 2.66. The molecule has 0 aromatic heterocycles. The maximum atomic E-state index is 4.59. The van der Waals surface area contributed by atoms with E-state index < -0.39 is 0 Å². The molecule has 2 N–H and O–H groups in total. The predicted octanol–water partition coefficient (Wildman–Crippen LogP) is 2.55. The van der Waals surface area contributed by atoms with Crippen LogP contribution < -0.4 is 10.6 Å². The van der Waals surface area contributed by atoms with Crippen LogP contribution >= 0.6 is 24.0 Å². The quantitative estimate of drug-likeness (QED) is 0.314. The number of hydrogen-bond donors (Lipinski definition) is 2. The number of aliphatic imine (C=N–C) groups is 1. The molecule has 20 heavy (non-hydrogen) atoms. The normalized spacial score (nSPS) is 22.8. The molecule has 4 nitrogen and oxygen atoms in total. The molecule has 0 bridgehead atoms. The van der Waals surface area contributed by atoms with Gasteiger partial charge < -0.3 is 15.5 Å². The molecule has 0 amide bonds. The SMILES string of the molecule is CCNC(=NCCCN1CC(C)CC(C)C1)NCC.I. The third-order valence-corrected chi connectivity index (χ3v) is 3.54. The summed E-state index contributed by atoms with van der Waals surface area (Å²) in [6.07, 6.45) is 2.54. The molecule has 1 fully saturated rings. The molecule has 2 atom stereocenters. The van der Waals surface area contributed by atoms with Crippen LogP contribution in [0.3, 0.4) is 0 Å². The molecule has 0 aromatic rings. The van der Waals surface area contributed by atoms with Crippen molar-refractivity contribution in [2.45, 2.75) is 40.5 Å². The third kappa shape index (κ3) is 8.29.